The molecule has 1 saturated heterocycles. The summed E-state index contributed by atoms with van der Waals surface area (Å²) >= 11 is 1.69. The number of methoxy groups -OCH3 is 5. The maximum absolute atomic E-state index is 6.26. The molecule has 0 saturated carbocycles. The van der Waals surface area contributed by atoms with E-state index in [1.807, 2.05) is 60.7 Å². The Hall–Kier alpha value is -5.24. The van der Waals surface area contributed by atoms with Crippen molar-refractivity contribution in [2.24, 2.45) is 5.16 Å². The van der Waals surface area contributed by atoms with Crippen molar-refractivity contribution in [3.8, 4) is 50.8 Å². The number of fused-ring (bicyclic) bond motifs is 1. The fourth-order valence-electron chi connectivity index (χ4n) is 7.37. The van der Waals surface area contributed by atoms with Crippen LogP contribution in [0, 0.1) is 0 Å². The molecule has 4 aromatic carbocycles. The fraction of sp³-hybridized carbons (Fsp3) is 0.422. The van der Waals surface area contributed by atoms with Crippen LogP contribution in [0.5, 0.6) is 40.2 Å². The summed E-state index contributed by atoms with van der Waals surface area (Å²) in [5.74, 6) is 4.60. The lowest BCUT2D eigenvalue weighted by atomic mass is 9.99. The van der Waals surface area contributed by atoms with Crippen LogP contribution in [0.3, 0.4) is 0 Å². The van der Waals surface area contributed by atoms with Gasteiger partial charge in [0.25, 0.3) is 0 Å². The molecule has 7 rings (SSSR count). The van der Waals surface area contributed by atoms with E-state index in [0.717, 1.165) is 109 Å². The van der Waals surface area contributed by atoms with Crippen LogP contribution in [0.15, 0.2) is 78.0 Å². The first-order valence-electron chi connectivity index (χ1n) is 20.0. The van der Waals surface area contributed by atoms with E-state index in [-0.39, 0.29) is 6.10 Å². The molecule has 5 aromatic rings. The number of nitrogens with zero attached hydrogens (tertiary/aromatic N) is 4. The molecule has 12 nitrogen and oxygen atoms in total. The molecule has 0 radical (unpaired) electrons. The van der Waals surface area contributed by atoms with Gasteiger partial charge in [-0.2, -0.15) is 0 Å². The van der Waals surface area contributed by atoms with Crippen LogP contribution in [-0.2, 0) is 4.84 Å². The molecule has 1 atom stereocenters. The van der Waals surface area contributed by atoms with Gasteiger partial charge in [-0.1, -0.05) is 23.4 Å². The SMILES string of the molecule is COc1ccc(-c2nc3ccccc3s2)cc1OCCCCN1CCN(CCCCOc2cc(C3CC(c4cc(OC)c(OC)c(OC)c4)=NO3)ccc2OC)CC1. The third-order valence-electron chi connectivity index (χ3n) is 10.6. The van der Waals surface area contributed by atoms with Crippen molar-refractivity contribution in [3.63, 3.8) is 0 Å². The van der Waals surface area contributed by atoms with Gasteiger partial charge in [0, 0.05) is 43.7 Å². The maximum Gasteiger partial charge on any atom is 0.203 e. The number of rotatable bonds is 20. The quantitative estimate of drug-likeness (QED) is 0.0707. The summed E-state index contributed by atoms with van der Waals surface area (Å²) in [7, 11) is 8.14. The minimum Gasteiger partial charge on any atom is -0.493 e. The first-order valence-corrected chi connectivity index (χ1v) is 20.8. The Morgan fingerprint density at radius 2 is 1.21 bits per heavy atom. The number of oxime groups is 1. The van der Waals surface area contributed by atoms with E-state index >= 15 is 0 Å². The first kappa shape index (κ1) is 40.9. The van der Waals surface area contributed by atoms with Crippen LogP contribution in [0.4, 0.5) is 0 Å². The molecular formula is C45H54N4O8S. The lowest BCUT2D eigenvalue weighted by molar-refractivity contribution is 0.0854. The summed E-state index contributed by atoms with van der Waals surface area (Å²) in [4.78, 5) is 15.8. The van der Waals surface area contributed by atoms with Gasteiger partial charge in [-0.3, -0.25) is 0 Å². The number of ether oxygens (including phenoxy) is 7. The lowest BCUT2D eigenvalue weighted by Gasteiger charge is -2.34. The van der Waals surface area contributed by atoms with E-state index in [9.17, 15) is 0 Å². The highest BCUT2D eigenvalue weighted by molar-refractivity contribution is 7.21. The summed E-state index contributed by atoms with van der Waals surface area (Å²) in [6, 6.07) is 24.0. The predicted molar refractivity (Wildman–Crippen MR) is 228 cm³/mol. The van der Waals surface area contributed by atoms with E-state index in [1.165, 1.54) is 4.70 Å². The molecule has 58 heavy (non-hydrogen) atoms. The second-order valence-electron chi connectivity index (χ2n) is 14.3. The third-order valence-corrected chi connectivity index (χ3v) is 11.7. The van der Waals surface area contributed by atoms with Gasteiger partial charge in [0.05, 0.1) is 64.7 Å². The Kier molecular flexibility index (Phi) is 14.1. The summed E-state index contributed by atoms with van der Waals surface area (Å²) in [5.41, 5.74) is 4.69. The highest BCUT2D eigenvalue weighted by Crippen LogP contribution is 2.41. The molecular weight excluding hydrogens is 757 g/mol. The molecule has 1 aromatic heterocycles. The third kappa shape index (κ3) is 9.88. The molecule has 0 N–H and O–H groups in total. The molecule has 0 amide bonds. The van der Waals surface area contributed by atoms with Gasteiger partial charge in [-0.05, 0) is 98.9 Å². The van der Waals surface area contributed by atoms with Crippen LogP contribution in [0.25, 0.3) is 20.8 Å². The van der Waals surface area contributed by atoms with Gasteiger partial charge >= 0.3 is 0 Å². The Morgan fingerprint density at radius 3 is 1.81 bits per heavy atom. The first-order chi connectivity index (χ1) is 28.5. The van der Waals surface area contributed by atoms with Crippen molar-refractivity contribution in [3.05, 3.63) is 83.9 Å². The molecule has 308 valence electrons. The van der Waals surface area contributed by atoms with Gasteiger partial charge in [0.1, 0.15) is 5.01 Å². The van der Waals surface area contributed by atoms with Crippen LogP contribution in [-0.4, -0.2) is 109 Å². The molecule has 1 fully saturated rings. The molecule has 1 unspecified atom stereocenters. The van der Waals surface area contributed by atoms with E-state index in [1.54, 1.807) is 46.9 Å². The number of hydrogen-bond acceptors (Lipinski definition) is 13. The van der Waals surface area contributed by atoms with Crippen molar-refractivity contribution in [2.75, 3.05) is 88.0 Å². The molecule has 0 spiro atoms. The van der Waals surface area contributed by atoms with Crippen molar-refractivity contribution in [2.45, 2.75) is 38.2 Å². The Morgan fingerprint density at radius 1 is 0.621 bits per heavy atom. The fourth-order valence-corrected chi connectivity index (χ4v) is 8.34. The molecule has 3 heterocycles. The Balaban J connectivity index is 0.794. The Labute approximate surface area is 345 Å². The van der Waals surface area contributed by atoms with Gasteiger partial charge < -0.3 is 47.8 Å². The minimum absolute atomic E-state index is 0.252. The van der Waals surface area contributed by atoms with Crippen LogP contribution in [0.1, 0.15) is 49.3 Å². The van der Waals surface area contributed by atoms with Crippen LogP contribution >= 0.6 is 11.3 Å². The molecule has 13 heteroatoms. The van der Waals surface area contributed by atoms with E-state index < -0.39 is 0 Å². The Bertz CT molecular complexity index is 2090. The second kappa shape index (κ2) is 20.0. The number of aromatic nitrogens is 1. The van der Waals surface area contributed by atoms with Crippen molar-refractivity contribution >= 4 is 27.3 Å². The number of thiazole rings is 1. The van der Waals surface area contributed by atoms with Crippen molar-refractivity contribution in [1.82, 2.24) is 14.8 Å². The van der Waals surface area contributed by atoms with Crippen LogP contribution < -0.4 is 33.2 Å². The van der Waals surface area contributed by atoms with E-state index in [4.69, 9.17) is 43.0 Å². The minimum atomic E-state index is -0.252. The maximum atomic E-state index is 6.26. The summed E-state index contributed by atoms with van der Waals surface area (Å²) in [6.45, 7) is 7.77. The number of unbranched alkanes of at least 4 members (excludes halogenated alkanes) is 2. The average molecular weight is 811 g/mol. The van der Waals surface area contributed by atoms with Crippen LogP contribution in [0.2, 0.25) is 0 Å². The normalized spacial score (nSPS) is 15.8. The van der Waals surface area contributed by atoms with E-state index in [0.29, 0.717) is 48.4 Å². The molecule has 2 aliphatic rings. The highest BCUT2D eigenvalue weighted by atomic mass is 32.1. The smallest absolute Gasteiger partial charge is 0.203 e. The van der Waals surface area contributed by atoms with Gasteiger partial charge in [0.15, 0.2) is 40.6 Å². The molecule has 2 aliphatic heterocycles. The lowest BCUT2D eigenvalue weighted by Crippen LogP contribution is -2.46. The zero-order valence-corrected chi connectivity index (χ0v) is 35.0. The summed E-state index contributed by atoms with van der Waals surface area (Å²) in [6.07, 6.45) is 4.44. The number of para-hydroxylation sites is 1. The van der Waals surface area contributed by atoms with Gasteiger partial charge in [-0.15, -0.1) is 11.3 Å². The zero-order valence-electron chi connectivity index (χ0n) is 34.2. The van der Waals surface area contributed by atoms with Gasteiger partial charge in [-0.25, -0.2) is 4.98 Å². The van der Waals surface area contributed by atoms with Crippen molar-refractivity contribution < 1.29 is 38.0 Å². The molecule has 0 aliphatic carbocycles. The van der Waals surface area contributed by atoms with Gasteiger partial charge in [0.2, 0.25) is 5.75 Å². The standard InChI is InChI=1S/C45H54N4O8S/c1-50-36-16-14-31(38-30-35(47-57-38)33-28-41(52-3)44(54-5)42(29-33)53-4)26-39(36)55-24-10-8-18-48-20-22-49(23-21-48)19-9-11-25-56-40-27-32(15-17-37(40)51-2)45-46-34-12-6-7-13-43(34)58-45/h6-7,12-17,26-29,38H,8-11,18-25,30H2,1-5H3. The summed E-state index contributed by atoms with van der Waals surface area (Å²) in [5, 5.41) is 5.39. The number of benzene rings is 4. The number of piperazine rings is 1. The largest absolute Gasteiger partial charge is 0.493 e. The molecule has 0 bridgehead atoms. The zero-order chi connectivity index (χ0) is 40.3. The summed E-state index contributed by atoms with van der Waals surface area (Å²) < 4.78 is 41.4. The van der Waals surface area contributed by atoms with E-state index in [2.05, 4.69) is 27.1 Å². The average Bonchev–Trinajstić information content (AvgIpc) is 3.95. The second-order valence-corrected chi connectivity index (χ2v) is 15.3. The predicted octanol–water partition coefficient (Wildman–Crippen LogP) is 8.51. The monoisotopic (exact) mass is 810 g/mol. The number of hydrogen-bond donors (Lipinski definition) is 0. The van der Waals surface area contributed by atoms with Crippen molar-refractivity contribution in [1.29, 1.82) is 0 Å². The topological polar surface area (TPSA) is 106 Å². The highest BCUT2D eigenvalue weighted by Gasteiger charge is 2.27.